The van der Waals surface area contributed by atoms with Crippen LogP contribution in [0.2, 0.25) is 5.02 Å². The maximum Gasteiger partial charge on any atom is 0.251 e. The second kappa shape index (κ2) is 10.1. The normalized spacial score (nSPS) is 17.7. The van der Waals surface area contributed by atoms with E-state index < -0.39 is 22.0 Å². The Balaban J connectivity index is 1.71. The first kappa shape index (κ1) is 25.0. The van der Waals surface area contributed by atoms with E-state index >= 15 is 0 Å². The van der Waals surface area contributed by atoms with Crippen LogP contribution in [0.1, 0.15) is 42.1 Å². The third-order valence-corrected chi connectivity index (χ3v) is 6.97. The average molecular weight is 490 g/mol. The molecule has 1 aliphatic heterocycles. The molecular formula is C24H28ClN3O4S. The predicted octanol–water partition coefficient (Wildman–Crippen LogP) is 3.31. The Morgan fingerprint density at radius 3 is 2.42 bits per heavy atom. The van der Waals surface area contributed by atoms with E-state index in [9.17, 15) is 18.0 Å². The maximum atomic E-state index is 13.3. The SMILES string of the molecule is C=C1CN(C(=O)[C@H](NC(=O)c2cccc(S(N)(=O)=O)c2)C(C)C)CCC1c1ccc(Cl)cc1. The zero-order chi connectivity index (χ0) is 24.3. The fourth-order valence-corrected chi connectivity index (χ4v) is 4.64. The molecule has 176 valence electrons. The van der Waals surface area contributed by atoms with Gasteiger partial charge in [0.15, 0.2) is 0 Å². The van der Waals surface area contributed by atoms with Gasteiger partial charge in [-0.25, -0.2) is 13.6 Å². The van der Waals surface area contributed by atoms with Crippen molar-refractivity contribution in [3.8, 4) is 0 Å². The minimum Gasteiger partial charge on any atom is -0.340 e. The Labute approximate surface area is 199 Å². The molecule has 2 amide bonds. The standard InChI is InChI=1S/C24H28ClN3O4S/c1-15(2)22(27-23(29)18-5-4-6-20(13-18)33(26,31)32)24(30)28-12-11-21(16(3)14-28)17-7-9-19(25)10-8-17/h4-10,13,15,21-22H,3,11-12,14H2,1-2H3,(H,27,29)(H2,26,31,32)/t21?,22-/m1/s1. The maximum absolute atomic E-state index is 13.3. The van der Waals surface area contributed by atoms with Crippen LogP contribution in [0.15, 0.2) is 65.6 Å². The minimum atomic E-state index is -3.95. The van der Waals surface area contributed by atoms with Crippen LogP contribution < -0.4 is 10.5 Å². The van der Waals surface area contributed by atoms with Gasteiger partial charge in [-0.15, -0.1) is 0 Å². The molecule has 3 rings (SSSR count). The van der Waals surface area contributed by atoms with Crippen molar-refractivity contribution in [2.75, 3.05) is 13.1 Å². The Bertz CT molecular complexity index is 1160. The first-order valence-corrected chi connectivity index (χ1v) is 12.6. The molecule has 0 radical (unpaired) electrons. The first-order chi connectivity index (χ1) is 15.5. The van der Waals surface area contributed by atoms with Crippen LogP contribution in [0.25, 0.3) is 0 Å². The second-order valence-corrected chi connectivity index (χ2v) is 10.6. The number of carbonyl (C=O) groups excluding carboxylic acids is 2. The van der Waals surface area contributed by atoms with E-state index in [-0.39, 0.29) is 28.2 Å². The molecule has 0 aromatic heterocycles. The highest BCUT2D eigenvalue weighted by Gasteiger charge is 2.33. The van der Waals surface area contributed by atoms with Crippen molar-refractivity contribution in [1.29, 1.82) is 0 Å². The highest BCUT2D eigenvalue weighted by molar-refractivity contribution is 7.89. The van der Waals surface area contributed by atoms with Gasteiger partial charge in [0.2, 0.25) is 15.9 Å². The molecule has 2 aromatic carbocycles. The molecule has 1 aliphatic rings. The van der Waals surface area contributed by atoms with E-state index in [1.807, 2.05) is 38.1 Å². The topological polar surface area (TPSA) is 110 Å². The van der Waals surface area contributed by atoms with E-state index in [4.69, 9.17) is 16.7 Å². The molecule has 1 heterocycles. The Kier molecular flexibility index (Phi) is 7.62. The smallest absolute Gasteiger partial charge is 0.251 e. The van der Waals surface area contributed by atoms with Gasteiger partial charge < -0.3 is 10.2 Å². The van der Waals surface area contributed by atoms with Crippen molar-refractivity contribution in [1.82, 2.24) is 10.2 Å². The van der Waals surface area contributed by atoms with Crippen LogP contribution in [0.4, 0.5) is 0 Å². The molecule has 1 fully saturated rings. The lowest BCUT2D eigenvalue weighted by Crippen LogP contribution is -2.53. The van der Waals surface area contributed by atoms with E-state index in [1.54, 1.807) is 4.90 Å². The van der Waals surface area contributed by atoms with Crippen LogP contribution in [0.5, 0.6) is 0 Å². The fraction of sp³-hybridized carbons (Fsp3) is 0.333. The van der Waals surface area contributed by atoms with Crippen molar-refractivity contribution in [3.05, 3.63) is 76.8 Å². The molecule has 1 unspecified atom stereocenters. The Morgan fingerprint density at radius 2 is 1.85 bits per heavy atom. The number of nitrogens with zero attached hydrogens (tertiary/aromatic N) is 1. The largest absolute Gasteiger partial charge is 0.340 e. The van der Waals surface area contributed by atoms with Crippen LogP contribution in [0, 0.1) is 5.92 Å². The first-order valence-electron chi connectivity index (χ1n) is 10.6. The number of rotatable bonds is 6. The summed E-state index contributed by atoms with van der Waals surface area (Å²) in [5.41, 5.74) is 2.15. The summed E-state index contributed by atoms with van der Waals surface area (Å²) in [5.74, 6) is -0.774. The predicted molar refractivity (Wildman–Crippen MR) is 128 cm³/mol. The molecule has 3 N–H and O–H groups in total. The zero-order valence-electron chi connectivity index (χ0n) is 18.6. The summed E-state index contributed by atoms with van der Waals surface area (Å²) in [6.07, 6.45) is 0.724. The minimum absolute atomic E-state index is 0.117. The van der Waals surface area contributed by atoms with Gasteiger partial charge in [0.05, 0.1) is 4.90 Å². The Hall–Kier alpha value is -2.68. The summed E-state index contributed by atoms with van der Waals surface area (Å²) in [4.78, 5) is 27.7. The van der Waals surface area contributed by atoms with Crippen molar-refractivity contribution in [3.63, 3.8) is 0 Å². The number of primary sulfonamides is 1. The number of carbonyl (C=O) groups is 2. The molecule has 0 saturated carbocycles. The molecule has 2 aromatic rings. The van der Waals surface area contributed by atoms with E-state index in [1.165, 1.54) is 24.3 Å². The van der Waals surface area contributed by atoms with E-state index in [0.29, 0.717) is 18.1 Å². The molecule has 33 heavy (non-hydrogen) atoms. The van der Waals surface area contributed by atoms with Crippen molar-refractivity contribution >= 4 is 33.4 Å². The summed E-state index contributed by atoms with van der Waals surface area (Å²) in [6.45, 7) is 8.81. The lowest BCUT2D eigenvalue weighted by molar-refractivity contribution is -0.134. The Morgan fingerprint density at radius 1 is 1.18 bits per heavy atom. The average Bonchev–Trinajstić information content (AvgIpc) is 2.77. The van der Waals surface area contributed by atoms with E-state index in [2.05, 4.69) is 11.9 Å². The number of sulfonamides is 1. The molecule has 2 atom stereocenters. The summed E-state index contributed by atoms with van der Waals surface area (Å²) in [6, 6.07) is 12.3. The van der Waals surface area contributed by atoms with Gasteiger partial charge in [0.25, 0.3) is 5.91 Å². The number of likely N-dealkylation sites (tertiary alicyclic amines) is 1. The van der Waals surface area contributed by atoms with Crippen LogP contribution in [-0.2, 0) is 14.8 Å². The molecule has 7 nitrogen and oxygen atoms in total. The second-order valence-electron chi connectivity index (χ2n) is 8.58. The number of nitrogens with two attached hydrogens (primary N) is 1. The highest BCUT2D eigenvalue weighted by Crippen LogP contribution is 2.32. The van der Waals surface area contributed by atoms with Crippen LogP contribution in [-0.4, -0.2) is 44.3 Å². The third-order valence-electron chi connectivity index (χ3n) is 5.80. The number of amides is 2. The van der Waals surface area contributed by atoms with Gasteiger partial charge in [-0.05, 0) is 48.2 Å². The lowest BCUT2D eigenvalue weighted by Gasteiger charge is -2.37. The fourth-order valence-electron chi connectivity index (χ4n) is 3.96. The molecule has 1 saturated heterocycles. The van der Waals surface area contributed by atoms with Crippen LogP contribution >= 0.6 is 11.6 Å². The monoisotopic (exact) mass is 489 g/mol. The van der Waals surface area contributed by atoms with Crippen LogP contribution in [0.3, 0.4) is 0 Å². The van der Waals surface area contributed by atoms with Crippen molar-refractivity contribution in [2.24, 2.45) is 11.1 Å². The number of hydrogen-bond acceptors (Lipinski definition) is 4. The van der Waals surface area contributed by atoms with Gasteiger partial charge in [0, 0.05) is 29.6 Å². The van der Waals surface area contributed by atoms with Gasteiger partial charge >= 0.3 is 0 Å². The quantitative estimate of drug-likeness (QED) is 0.606. The van der Waals surface area contributed by atoms with Gasteiger partial charge in [-0.1, -0.05) is 55.8 Å². The number of benzene rings is 2. The summed E-state index contributed by atoms with van der Waals surface area (Å²) >= 11 is 5.99. The summed E-state index contributed by atoms with van der Waals surface area (Å²) in [5, 5.41) is 8.59. The third kappa shape index (κ3) is 6.01. The summed E-state index contributed by atoms with van der Waals surface area (Å²) in [7, 11) is -3.95. The number of nitrogens with one attached hydrogen (secondary N) is 1. The zero-order valence-corrected chi connectivity index (χ0v) is 20.2. The molecule has 0 bridgehead atoms. The van der Waals surface area contributed by atoms with Gasteiger partial charge in [-0.2, -0.15) is 0 Å². The molecular weight excluding hydrogens is 462 g/mol. The van der Waals surface area contributed by atoms with Gasteiger partial charge in [0.1, 0.15) is 6.04 Å². The lowest BCUT2D eigenvalue weighted by atomic mass is 9.85. The summed E-state index contributed by atoms with van der Waals surface area (Å²) < 4.78 is 23.2. The van der Waals surface area contributed by atoms with E-state index in [0.717, 1.165) is 17.6 Å². The number of hydrogen-bond donors (Lipinski definition) is 2. The molecule has 0 aliphatic carbocycles. The van der Waals surface area contributed by atoms with Crippen molar-refractivity contribution < 1.29 is 18.0 Å². The van der Waals surface area contributed by atoms with Gasteiger partial charge in [-0.3, -0.25) is 9.59 Å². The highest BCUT2D eigenvalue weighted by atomic mass is 35.5. The number of piperidine rings is 1. The molecule has 0 spiro atoms. The number of halogens is 1. The van der Waals surface area contributed by atoms with Crippen molar-refractivity contribution in [2.45, 2.75) is 37.1 Å². The molecule has 9 heteroatoms.